The predicted molar refractivity (Wildman–Crippen MR) is 107 cm³/mol. The third kappa shape index (κ3) is 4.13. The first kappa shape index (κ1) is 18.4. The van der Waals surface area contributed by atoms with E-state index in [4.69, 9.17) is 0 Å². The zero-order chi connectivity index (χ0) is 19.3. The number of aryl methyl sites for hydroxylation is 2. The van der Waals surface area contributed by atoms with Crippen LogP contribution in [-0.2, 0) is 17.8 Å². The molecule has 1 saturated heterocycles. The topological polar surface area (TPSA) is 83.9 Å². The van der Waals surface area contributed by atoms with Crippen LogP contribution < -0.4 is 5.56 Å². The Labute approximate surface area is 163 Å². The molecule has 0 spiro atoms. The Kier molecular flexibility index (Phi) is 5.50. The monoisotopic (exact) mass is 379 g/mol. The molecule has 1 aliphatic rings. The highest BCUT2D eigenvalue weighted by molar-refractivity contribution is 5.77. The van der Waals surface area contributed by atoms with Crippen molar-refractivity contribution in [1.29, 1.82) is 0 Å². The Bertz CT molecular complexity index is 995. The Morgan fingerprint density at radius 3 is 2.96 bits per heavy atom. The lowest BCUT2D eigenvalue weighted by Crippen LogP contribution is -2.44. The van der Waals surface area contributed by atoms with Crippen molar-refractivity contribution in [3.8, 4) is 0 Å². The molecule has 0 radical (unpaired) electrons. The van der Waals surface area contributed by atoms with Crippen molar-refractivity contribution < 1.29 is 4.79 Å². The number of aromatic nitrogens is 4. The number of benzene rings is 1. The van der Waals surface area contributed by atoms with E-state index in [2.05, 4.69) is 15.1 Å². The maximum absolute atomic E-state index is 12.9. The molecule has 3 aromatic rings. The number of hydrogen-bond acceptors (Lipinski definition) is 4. The summed E-state index contributed by atoms with van der Waals surface area (Å²) in [4.78, 5) is 34.5. The minimum atomic E-state index is -0.208. The first-order chi connectivity index (χ1) is 13.7. The average Bonchev–Trinajstić information content (AvgIpc) is 3.24. The van der Waals surface area contributed by atoms with Gasteiger partial charge in [0.15, 0.2) is 0 Å². The molecule has 0 unspecified atom stereocenters. The molecule has 1 fully saturated rings. The lowest BCUT2D eigenvalue weighted by Gasteiger charge is -2.36. The SMILES string of the molecule is O=C(CCc1nc2ccccc2[nH]c1=O)N1CCCC[C@H]1CCn1cccn1. The molecule has 0 aliphatic carbocycles. The highest BCUT2D eigenvalue weighted by Crippen LogP contribution is 2.21. The molecule has 7 heteroatoms. The highest BCUT2D eigenvalue weighted by atomic mass is 16.2. The summed E-state index contributed by atoms with van der Waals surface area (Å²) in [7, 11) is 0. The number of hydrogen-bond donors (Lipinski definition) is 1. The molecule has 7 nitrogen and oxygen atoms in total. The molecule has 1 atom stereocenters. The summed E-state index contributed by atoms with van der Waals surface area (Å²) in [6.07, 6.45) is 8.53. The van der Waals surface area contributed by atoms with Gasteiger partial charge in [0.25, 0.3) is 5.56 Å². The van der Waals surface area contributed by atoms with Gasteiger partial charge in [-0.1, -0.05) is 12.1 Å². The number of aromatic amines is 1. The van der Waals surface area contributed by atoms with E-state index in [0.29, 0.717) is 18.5 Å². The maximum atomic E-state index is 12.9. The Balaban J connectivity index is 1.40. The van der Waals surface area contributed by atoms with Gasteiger partial charge in [-0.25, -0.2) is 4.98 Å². The largest absolute Gasteiger partial charge is 0.340 e. The first-order valence-electron chi connectivity index (χ1n) is 9.95. The summed E-state index contributed by atoms with van der Waals surface area (Å²) in [6.45, 7) is 1.61. The minimum absolute atomic E-state index is 0.111. The second kappa shape index (κ2) is 8.37. The normalized spacial score (nSPS) is 17.1. The fourth-order valence-corrected chi connectivity index (χ4v) is 3.95. The van der Waals surface area contributed by atoms with E-state index < -0.39 is 0 Å². The van der Waals surface area contributed by atoms with Crippen LogP contribution in [0.4, 0.5) is 0 Å². The summed E-state index contributed by atoms with van der Waals surface area (Å²) in [5.41, 5.74) is 1.69. The van der Waals surface area contributed by atoms with Gasteiger partial charge >= 0.3 is 0 Å². The zero-order valence-electron chi connectivity index (χ0n) is 15.9. The zero-order valence-corrected chi connectivity index (χ0v) is 15.9. The molecule has 1 aromatic carbocycles. The molecular formula is C21H25N5O2. The molecule has 28 heavy (non-hydrogen) atoms. The third-order valence-electron chi connectivity index (χ3n) is 5.44. The van der Waals surface area contributed by atoms with Gasteiger partial charge in [0.2, 0.25) is 5.91 Å². The van der Waals surface area contributed by atoms with Crippen LogP contribution in [0.3, 0.4) is 0 Å². The van der Waals surface area contributed by atoms with Crippen molar-refractivity contribution >= 4 is 16.9 Å². The summed E-state index contributed by atoms with van der Waals surface area (Å²) in [6, 6.07) is 9.61. The number of para-hydroxylation sites is 2. The van der Waals surface area contributed by atoms with Crippen molar-refractivity contribution in [2.24, 2.45) is 0 Å². The van der Waals surface area contributed by atoms with E-state index in [1.807, 2.05) is 46.1 Å². The minimum Gasteiger partial charge on any atom is -0.340 e. The van der Waals surface area contributed by atoms with Crippen LogP contribution in [0.5, 0.6) is 0 Å². The second-order valence-electron chi connectivity index (χ2n) is 7.32. The third-order valence-corrected chi connectivity index (χ3v) is 5.44. The summed E-state index contributed by atoms with van der Waals surface area (Å²) < 4.78 is 1.91. The van der Waals surface area contributed by atoms with Crippen molar-refractivity contribution in [2.45, 2.75) is 51.1 Å². The molecule has 2 aromatic heterocycles. The molecule has 1 amide bonds. The number of fused-ring (bicyclic) bond motifs is 1. The quantitative estimate of drug-likeness (QED) is 0.713. The lowest BCUT2D eigenvalue weighted by atomic mass is 9.98. The number of amides is 1. The molecule has 0 bridgehead atoms. The van der Waals surface area contributed by atoms with Crippen molar-refractivity contribution in [2.75, 3.05) is 6.54 Å². The second-order valence-corrected chi connectivity index (χ2v) is 7.32. The predicted octanol–water partition coefficient (Wildman–Crippen LogP) is 2.52. The van der Waals surface area contributed by atoms with Crippen LogP contribution in [-0.4, -0.2) is 43.1 Å². The van der Waals surface area contributed by atoms with Crippen LogP contribution in [0.1, 0.15) is 37.8 Å². The molecule has 146 valence electrons. The van der Waals surface area contributed by atoms with Gasteiger partial charge in [0.1, 0.15) is 5.69 Å². The van der Waals surface area contributed by atoms with E-state index in [9.17, 15) is 9.59 Å². The van der Waals surface area contributed by atoms with E-state index in [1.54, 1.807) is 6.20 Å². The standard InChI is InChI=1S/C21H25N5O2/c27-20(10-9-19-21(28)24-18-8-2-1-7-17(18)23-19)26-14-4-3-6-16(26)11-15-25-13-5-12-22-25/h1-2,5,7-8,12-13,16H,3-4,6,9-11,14-15H2,(H,24,28)/t16-/m0/s1. The summed E-state index contributed by atoms with van der Waals surface area (Å²) >= 11 is 0. The Hall–Kier alpha value is -2.96. The summed E-state index contributed by atoms with van der Waals surface area (Å²) in [5.74, 6) is 0.111. The molecular weight excluding hydrogens is 354 g/mol. The van der Waals surface area contributed by atoms with Gasteiger partial charge < -0.3 is 9.88 Å². The highest BCUT2D eigenvalue weighted by Gasteiger charge is 2.26. The first-order valence-corrected chi connectivity index (χ1v) is 9.95. The smallest absolute Gasteiger partial charge is 0.270 e. The van der Waals surface area contributed by atoms with E-state index in [1.165, 1.54) is 0 Å². The maximum Gasteiger partial charge on any atom is 0.270 e. The van der Waals surface area contributed by atoms with Crippen LogP contribution in [0.2, 0.25) is 0 Å². The van der Waals surface area contributed by atoms with E-state index in [-0.39, 0.29) is 17.5 Å². The van der Waals surface area contributed by atoms with Crippen molar-refractivity contribution in [1.82, 2.24) is 24.6 Å². The van der Waals surface area contributed by atoms with E-state index in [0.717, 1.165) is 49.8 Å². The number of nitrogens with zero attached hydrogens (tertiary/aromatic N) is 4. The van der Waals surface area contributed by atoms with Crippen LogP contribution >= 0.6 is 0 Å². The summed E-state index contributed by atoms with van der Waals surface area (Å²) in [5, 5.41) is 4.25. The number of carbonyl (C=O) groups is 1. The van der Waals surface area contributed by atoms with Gasteiger partial charge in [-0.2, -0.15) is 5.10 Å². The van der Waals surface area contributed by atoms with Crippen molar-refractivity contribution in [3.63, 3.8) is 0 Å². The number of rotatable bonds is 6. The Morgan fingerprint density at radius 1 is 1.21 bits per heavy atom. The van der Waals surface area contributed by atoms with Crippen LogP contribution in [0, 0.1) is 0 Å². The van der Waals surface area contributed by atoms with Gasteiger partial charge in [-0.05, 0) is 43.9 Å². The van der Waals surface area contributed by atoms with Gasteiger partial charge in [0.05, 0.1) is 11.0 Å². The van der Waals surface area contributed by atoms with Gasteiger partial charge in [0, 0.05) is 44.4 Å². The number of piperidine rings is 1. The lowest BCUT2D eigenvalue weighted by molar-refractivity contribution is -0.135. The number of carbonyl (C=O) groups excluding carboxylic acids is 1. The fourth-order valence-electron chi connectivity index (χ4n) is 3.95. The Morgan fingerprint density at radius 2 is 2.11 bits per heavy atom. The van der Waals surface area contributed by atoms with E-state index >= 15 is 0 Å². The molecule has 4 rings (SSSR count). The fraction of sp³-hybridized carbons (Fsp3) is 0.429. The molecule has 3 heterocycles. The number of nitrogens with one attached hydrogen (secondary N) is 1. The van der Waals surface area contributed by atoms with Gasteiger partial charge in [-0.15, -0.1) is 0 Å². The van der Waals surface area contributed by atoms with Gasteiger partial charge in [-0.3, -0.25) is 14.3 Å². The molecule has 0 saturated carbocycles. The molecule has 1 aliphatic heterocycles. The number of likely N-dealkylation sites (tertiary alicyclic amines) is 1. The molecule has 1 N–H and O–H groups in total. The van der Waals surface area contributed by atoms with Crippen LogP contribution in [0.25, 0.3) is 11.0 Å². The number of H-pyrrole nitrogens is 1. The van der Waals surface area contributed by atoms with Crippen molar-refractivity contribution in [3.05, 3.63) is 58.8 Å². The van der Waals surface area contributed by atoms with Crippen LogP contribution in [0.15, 0.2) is 47.5 Å². The average molecular weight is 379 g/mol.